The SMILES string of the molecule is Cn1ccnc1CN1C[C@@H]2CN(S(C)(=O)=O)[C@@H](c3ccccc3)[C@@H]2C1. The Morgan fingerprint density at radius 1 is 1.16 bits per heavy atom. The number of aromatic nitrogens is 2. The van der Waals surface area contributed by atoms with Crippen LogP contribution in [0.1, 0.15) is 17.4 Å². The van der Waals surface area contributed by atoms with Crippen LogP contribution in [0.2, 0.25) is 0 Å². The molecule has 2 aromatic rings. The molecule has 0 N–H and O–H groups in total. The van der Waals surface area contributed by atoms with E-state index in [-0.39, 0.29) is 6.04 Å². The standard InChI is InChI=1S/C18H24N4O2S/c1-20-9-8-19-17(20)13-21-10-15-11-22(25(2,23)24)18(16(15)12-21)14-6-4-3-5-7-14/h3-9,15-16,18H,10-13H2,1-2H3/t15-,16-,18+/m1/s1. The van der Waals surface area contributed by atoms with E-state index in [1.54, 1.807) is 4.31 Å². The molecule has 1 aromatic heterocycles. The number of likely N-dealkylation sites (tertiary alicyclic amines) is 1. The highest BCUT2D eigenvalue weighted by Gasteiger charge is 2.50. The van der Waals surface area contributed by atoms with E-state index in [2.05, 4.69) is 9.88 Å². The molecule has 2 aliphatic rings. The molecule has 3 atom stereocenters. The molecule has 0 spiro atoms. The second-order valence-electron chi connectivity index (χ2n) is 7.26. The van der Waals surface area contributed by atoms with Crippen LogP contribution in [0.15, 0.2) is 42.7 Å². The molecule has 4 rings (SSSR count). The van der Waals surface area contributed by atoms with Crippen LogP contribution in [0.5, 0.6) is 0 Å². The van der Waals surface area contributed by atoms with E-state index in [0.717, 1.165) is 31.0 Å². The summed E-state index contributed by atoms with van der Waals surface area (Å²) in [6.07, 6.45) is 5.12. The fraction of sp³-hybridized carbons (Fsp3) is 0.500. The summed E-state index contributed by atoms with van der Waals surface area (Å²) in [5, 5.41) is 0. The molecule has 7 heteroatoms. The Bertz CT molecular complexity index is 849. The zero-order chi connectivity index (χ0) is 17.6. The second kappa shape index (κ2) is 6.23. The first-order chi connectivity index (χ1) is 11.9. The highest BCUT2D eigenvalue weighted by molar-refractivity contribution is 7.88. The molecule has 0 saturated carbocycles. The number of nitrogens with zero attached hydrogens (tertiary/aromatic N) is 4. The zero-order valence-electron chi connectivity index (χ0n) is 14.6. The van der Waals surface area contributed by atoms with Crippen LogP contribution in [-0.4, -0.2) is 53.1 Å². The molecule has 2 saturated heterocycles. The lowest BCUT2D eigenvalue weighted by molar-refractivity contribution is 0.254. The van der Waals surface area contributed by atoms with Gasteiger partial charge in [0.25, 0.3) is 0 Å². The first kappa shape index (κ1) is 16.8. The van der Waals surface area contributed by atoms with Crippen LogP contribution in [0, 0.1) is 11.8 Å². The Balaban J connectivity index is 1.59. The van der Waals surface area contributed by atoms with Crippen molar-refractivity contribution in [3.05, 3.63) is 54.1 Å². The van der Waals surface area contributed by atoms with Crippen molar-refractivity contribution in [3.8, 4) is 0 Å². The van der Waals surface area contributed by atoms with E-state index in [9.17, 15) is 8.42 Å². The quantitative estimate of drug-likeness (QED) is 0.829. The minimum absolute atomic E-state index is 0.0624. The minimum atomic E-state index is -3.22. The van der Waals surface area contributed by atoms with Crippen molar-refractivity contribution >= 4 is 10.0 Å². The first-order valence-corrected chi connectivity index (χ1v) is 10.5. The van der Waals surface area contributed by atoms with Crippen LogP contribution in [0.4, 0.5) is 0 Å². The van der Waals surface area contributed by atoms with Gasteiger partial charge in [0.15, 0.2) is 0 Å². The van der Waals surface area contributed by atoms with Gasteiger partial charge in [-0.25, -0.2) is 13.4 Å². The van der Waals surface area contributed by atoms with E-state index < -0.39 is 10.0 Å². The van der Waals surface area contributed by atoms with Crippen molar-refractivity contribution in [2.24, 2.45) is 18.9 Å². The Kier molecular flexibility index (Phi) is 4.17. The molecule has 2 aliphatic heterocycles. The van der Waals surface area contributed by atoms with Crippen molar-refractivity contribution in [2.75, 3.05) is 25.9 Å². The molecule has 0 bridgehead atoms. The third-order valence-electron chi connectivity index (χ3n) is 5.55. The van der Waals surface area contributed by atoms with Gasteiger partial charge in [-0.1, -0.05) is 30.3 Å². The lowest BCUT2D eigenvalue weighted by atomic mass is 9.90. The topological polar surface area (TPSA) is 58.4 Å². The molecule has 2 fully saturated rings. The number of hydrogen-bond acceptors (Lipinski definition) is 4. The number of benzene rings is 1. The summed E-state index contributed by atoms with van der Waals surface area (Å²) in [6, 6.07) is 9.99. The molecular weight excluding hydrogens is 336 g/mol. The maximum Gasteiger partial charge on any atom is 0.211 e. The highest BCUT2D eigenvalue weighted by Crippen LogP contribution is 2.46. The molecule has 6 nitrogen and oxygen atoms in total. The van der Waals surface area contributed by atoms with E-state index in [1.807, 2.05) is 54.3 Å². The van der Waals surface area contributed by atoms with Gasteiger partial charge in [0, 0.05) is 39.1 Å². The molecule has 0 unspecified atom stereocenters. The predicted octanol–water partition coefficient (Wildman–Crippen LogP) is 1.48. The monoisotopic (exact) mass is 360 g/mol. The summed E-state index contributed by atoms with van der Waals surface area (Å²) in [5.41, 5.74) is 1.10. The third kappa shape index (κ3) is 3.12. The number of fused-ring (bicyclic) bond motifs is 1. The van der Waals surface area contributed by atoms with Gasteiger partial charge in [0.1, 0.15) is 5.82 Å². The number of aryl methyl sites for hydroxylation is 1. The van der Waals surface area contributed by atoms with E-state index in [4.69, 9.17) is 0 Å². The lowest BCUT2D eigenvalue weighted by Gasteiger charge is -2.28. The van der Waals surface area contributed by atoms with Crippen molar-refractivity contribution in [1.29, 1.82) is 0 Å². The Morgan fingerprint density at radius 2 is 1.92 bits per heavy atom. The lowest BCUT2D eigenvalue weighted by Crippen LogP contribution is -2.35. The maximum atomic E-state index is 12.3. The molecule has 25 heavy (non-hydrogen) atoms. The minimum Gasteiger partial charge on any atom is -0.337 e. The Morgan fingerprint density at radius 3 is 2.56 bits per heavy atom. The predicted molar refractivity (Wildman–Crippen MR) is 96.2 cm³/mol. The molecular formula is C18H24N4O2S. The van der Waals surface area contributed by atoms with Gasteiger partial charge >= 0.3 is 0 Å². The normalized spacial score (nSPS) is 27.7. The molecule has 1 aromatic carbocycles. The average Bonchev–Trinajstić information content (AvgIpc) is 3.22. The number of rotatable bonds is 4. The maximum absolute atomic E-state index is 12.3. The van der Waals surface area contributed by atoms with Gasteiger partial charge in [-0.15, -0.1) is 0 Å². The van der Waals surface area contributed by atoms with Gasteiger partial charge in [0.05, 0.1) is 18.8 Å². The highest BCUT2D eigenvalue weighted by atomic mass is 32.2. The van der Waals surface area contributed by atoms with Crippen LogP contribution >= 0.6 is 0 Å². The summed E-state index contributed by atoms with van der Waals surface area (Å²) >= 11 is 0. The van der Waals surface area contributed by atoms with Crippen molar-refractivity contribution in [1.82, 2.24) is 18.8 Å². The fourth-order valence-electron chi connectivity index (χ4n) is 4.38. The van der Waals surface area contributed by atoms with Gasteiger partial charge in [0.2, 0.25) is 10.0 Å². The molecule has 0 amide bonds. The second-order valence-corrected chi connectivity index (χ2v) is 9.20. The summed E-state index contributed by atoms with van der Waals surface area (Å²) in [7, 11) is -1.21. The van der Waals surface area contributed by atoms with Crippen molar-refractivity contribution < 1.29 is 8.42 Å². The molecule has 134 valence electrons. The zero-order valence-corrected chi connectivity index (χ0v) is 15.4. The van der Waals surface area contributed by atoms with Crippen molar-refractivity contribution in [3.63, 3.8) is 0 Å². The summed E-state index contributed by atoms with van der Waals surface area (Å²) in [5.74, 6) is 1.76. The van der Waals surface area contributed by atoms with Gasteiger partial charge in [-0.2, -0.15) is 4.31 Å². The molecule has 3 heterocycles. The van der Waals surface area contributed by atoms with Gasteiger partial charge in [-0.05, 0) is 17.4 Å². The Labute approximate surface area is 149 Å². The first-order valence-electron chi connectivity index (χ1n) is 8.64. The van der Waals surface area contributed by atoms with E-state index >= 15 is 0 Å². The smallest absolute Gasteiger partial charge is 0.211 e. The third-order valence-corrected chi connectivity index (χ3v) is 6.78. The number of imidazole rings is 1. The number of sulfonamides is 1. The summed E-state index contributed by atoms with van der Waals surface area (Å²) in [6.45, 7) is 3.26. The fourth-order valence-corrected chi connectivity index (χ4v) is 5.53. The molecule has 0 radical (unpaired) electrons. The average molecular weight is 360 g/mol. The van der Waals surface area contributed by atoms with Crippen molar-refractivity contribution in [2.45, 2.75) is 12.6 Å². The van der Waals surface area contributed by atoms with Gasteiger partial charge in [-0.3, -0.25) is 4.90 Å². The van der Waals surface area contributed by atoms with Crippen LogP contribution in [-0.2, 0) is 23.6 Å². The van der Waals surface area contributed by atoms with Crippen LogP contribution < -0.4 is 0 Å². The van der Waals surface area contributed by atoms with Crippen LogP contribution in [0.3, 0.4) is 0 Å². The largest absolute Gasteiger partial charge is 0.337 e. The number of hydrogen-bond donors (Lipinski definition) is 0. The van der Waals surface area contributed by atoms with E-state index in [1.165, 1.54) is 6.26 Å². The molecule has 0 aliphatic carbocycles. The van der Waals surface area contributed by atoms with E-state index in [0.29, 0.717) is 18.4 Å². The summed E-state index contributed by atoms with van der Waals surface area (Å²) in [4.78, 5) is 6.83. The van der Waals surface area contributed by atoms with Gasteiger partial charge < -0.3 is 4.57 Å². The van der Waals surface area contributed by atoms with Crippen LogP contribution in [0.25, 0.3) is 0 Å². The summed E-state index contributed by atoms with van der Waals surface area (Å²) < 4.78 is 28.4. The Hall–Kier alpha value is -1.70.